The van der Waals surface area contributed by atoms with Crippen molar-refractivity contribution in [3.8, 4) is 0 Å². The number of carbonyl (C=O) groups is 1. The third-order valence-electron chi connectivity index (χ3n) is 4.88. The van der Waals surface area contributed by atoms with E-state index in [2.05, 4.69) is 23.7 Å². The van der Waals surface area contributed by atoms with Crippen LogP contribution >= 0.6 is 23.7 Å². The summed E-state index contributed by atoms with van der Waals surface area (Å²) in [5.41, 5.74) is 1.87. The molecule has 1 heterocycles. The number of thiazole rings is 1. The zero-order valence-corrected chi connectivity index (χ0v) is 18.4. The molecule has 0 saturated heterocycles. The summed E-state index contributed by atoms with van der Waals surface area (Å²) in [4.78, 5) is 21.7. The van der Waals surface area contributed by atoms with Crippen molar-refractivity contribution < 1.29 is 9.18 Å². The first-order chi connectivity index (χ1) is 13.6. The fourth-order valence-corrected chi connectivity index (χ4v) is 4.17. The number of hydrogen-bond acceptors (Lipinski definition) is 4. The molecule has 0 radical (unpaired) electrons. The van der Waals surface area contributed by atoms with E-state index in [1.165, 1.54) is 23.5 Å². The minimum Gasteiger partial charge on any atom is -0.302 e. The molecule has 156 valence electrons. The maximum absolute atomic E-state index is 13.6. The summed E-state index contributed by atoms with van der Waals surface area (Å²) in [6.07, 6.45) is 1.12. The van der Waals surface area contributed by atoms with E-state index in [1.807, 2.05) is 30.3 Å². The van der Waals surface area contributed by atoms with Gasteiger partial charge in [0.1, 0.15) is 5.82 Å². The van der Waals surface area contributed by atoms with Gasteiger partial charge in [0, 0.05) is 19.5 Å². The molecule has 3 aromatic rings. The molecule has 0 N–H and O–H groups in total. The van der Waals surface area contributed by atoms with Gasteiger partial charge in [-0.15, -0.1) is 12.4 Å². The molecule has 3 rings (SSSR count). The van der Waals surface area contributed by atoms with Crippen molar-refractivity contribution in [1.29, 1.82) is 0 Å². The lowest BCUT2D eigenvalue weighted by Gasteiger charge is -2.24. The predicted octanol–water partition coefficient (Wildman–Crippen LogP) is 5.16. The number of rotatable bonds is 9. The largest absolute Gasteiger partial charge is 0.302 e. The van der Waals surface area contributed by atoms with E-state index in [0.717, 1.165) is 35.4 Å². The number of benzene rings is 2. The zero-order chi connectivity index (χ0) is 19.9. The molecular weight excluding hydrogens is 409 g/mol. The van der Waals surface area contributed by atoms with Gasteiger partial charge < -0.3 is 4.90 Å². The summed E-state index contributed by atoms with van der Waals surface area (Å²) in [5, 5.41) is 0.644. The van der Waals surface area contributed by atoms with E-state index in [-0.39, 0.29) is 24.1 Å². The third-order valence-corrected chi connectivity index (χ3v) is 5.92. The molecule has 0 fully saturated rings. The fourth-order valence-electron chi connectivity index (χ4n) is 3.14. The van der Waals surface area contributed by atoms with Crippen LogP contribution in [0.1, 0.15) is 25.8 Å². The second kappa shape index (κ2) is 11.2. The molecule has 2 aromatic carbocycles. The van der Waals surface area contributed by atoms with Gasteiger partial charge in [-0.25, -0.2) is 9.37 Å². The summed E-state index contributed by atoms with van der Waals surface area (Å²) >= 11 is 1.37. The van der Waals surface area contributed by atoms with Gasteiger partial charge in [-0.05, 0) is 43.3 Å². The molecule has 0 bridgehead atoms. The molecule has 0 aliphatic rings. The highest BCUT2D eigenvalue weighted by Gasteiger charge is 2.20. The number of anilines is 1. The highest BCUT2D eigenvalue weighted by atomic mass is 35.5. The lowest BCUT2D eigenvalue weighted by Crippen LogP contribution is -2.39. The van der Waals surface area contributed by atoms with Gasteiger partial charge in [-0.1, -0.05) is 55.5 Å². The Balaban J connectivity index is 0.00000300. The maximum Gasteiger partial charge on any atom is 0.229 e. The van der Waals surface area contributed by atoms with E-state index in [0.29, 0.717) is 24.5 Å². The Kier molecular flexibility index (Phi) is 9.01. The van der Waals surface area contributed by atoms with Gasteiger partial charge >= 0.3 is 0 Å². The van der Waals surface area contributed by atoms with Crippen LogP contribution in [0.4, 0.5) is 9.52 Å². The molecule has 0 unspecified atom stereocenters. The molecule has 0 aliphatic heterocycles. The molecule has 0 aliphatic carbocycles. The second-order valence-electron chi connectivity index (χ2n) is 6.67. The summed E-state index contributed by atoms with van der Waals surface area (Å²) in [7, 11) is 0. The number of aryl methyl sites for hydroxylation is 1. The van der Waals surface area contributed by atoms with Crippen LogP contribution in [0.15, 0.2) is 48.5 Å². The summed E-state index contributed by atoms with van der Waals surface area (Å²) in [5.74, 6) is -0.233. The Bertz CT molecular complexity index is 915. The molecule has 7 heteroatoms. The standard InChI is InChI=1S/C22H26FN3OS.ClH/c1-3-25(4-2)14-15-26(21(27)13-10-17-8-6-5-7-9-17)22-24-19-12-11-18(23)16-20(19)28-22;/h5-9,11-12,16H,3-4,10,13-15H2,1-2H3;1H. The smallest absolute Gasteiger partial charge is 0.229 e. The molecule has 0 saturated carbocycles. The normalized spacial score (nSPS) is 10.9. The van der Waals surface area contributed by atoms with Crippen LogP contribution in [0, 0.1) is 5.82 Å². The average Bonchev–Trinajstić information content (AvgIpc) is 3.13. The zero-order valence-electron chi connectivity index (χ0n) is 16.8. The van der Waals surface area contributed by atoms with Crippen LogP contribution in [0.25, 0.3) is 10.2 Å². The number of nitrogens with zero attached hydrogens (tertiary/aromatic N) is 3. The Morgan fingerprint density at radius 1 is 1.07 bits per heavy atom. The first-order valence-electron chi connectivity index (χ1n) is 9.73. The van der Waals surface area contributed by atoms with Crippen LogP contribution in [0.3, 0.4) is 0 Å². The van der Waals surface area contributed by atoms with Crippen LogP contribution in [-0.2, 0) is 11.2 Å². The Morgan fingerprint density at radius 3 is 2.48 bits per heavy atom. The average molecular weight is 436 g/mol. The van der Waals surface area contributed by atoms with Crippen LogP contribution in [0.5, 0.6) is 0 Å². The summed E-state index contributed by atoms with van der Waals surface area (Å²) in [6, 6.07) is 14.6. The first-order valence-corrected chi connectivity index (χ1v) is 10.5. The van der Waals surface area contributed by atoms with E-state index in [9.17, 15) is 9.18 Å². The minimum atomic E-state index is -0.284. The van der Waals surface area contributed by atoms with Gasteiger partial charge in [-0.3, -0.25) is 9.69 Å². The van der Waals surface area contributed by atoms with Crippen molar-refractivity contribution in [2.75, 3.05) is 31.1 Å². The number of hydrogen-bond donors (Lipinski definition) is 0. The highest BCUT2D eigenvalue weighted by Crippen LogP contribution is 2.30. The predicted molar refractivity (Wildman–Crippen MR) is 122 cm³/mol. The van der Waals surface area contributed by atoms with Gasteiger partial charge in [0.15, 0.2) is 5.13 Å². The first kappa shape index (κ1) is 23.3. The molecule has 4 nitrogen and oxygen atoms in total. The van der Waals surface area contributed by atoms with Crippen molar-refractivity contribution in [2.24, 2.45) is 0 Å². The summed E-state index contributed by atoms with van der Waals surface area (Å²) in [6.45, 7) is 7.48. The Labute approximate surface area is 181 Å². The number of carbonyl (C=O) groups excluding carboxylic acids is 1. The van der Waals surface area contributed by atoms with Crippen LogP contribution in [0.2, 0.25) is 0 Å². The topological polar surface area (TPSA) is 36.4 Å². The fraction of sp³-hybridized carbons (Fsp3) is 0.364. The Morgan fingerprint density at radius 2 is 1.79 bits per heavy atom. The van der Waals surface area contributed by atoms with Gasteiger partial charge in [-0.2, -0.15) is 0 Å². The number of likely N-dealkylation sites (N-methyl/N-ethyl adjacent to an activating group) is 1. The molecule has 0 spiro atoms. The Hall–Kier alpha value is -2.02. The SMILES string of the molecule is CCN(CC)CCN(C(=O)CCc1ccccc1)c1nc2ccc(F)cc2s1.Cl. The van der Waals surface area contributed by atoms with E-state index in [1.54, 1.807) is 11.0 Å². The van der Waals surface area contributed by atoms with Gasteiger partial charge in [0.2, 0.25) is 5.91 Å². The molecule has 1 aromatic heterocycles. The number of fused-ring (bicyclic) bond motifs is 1. The lowest BCUT2D eigenvalue weighted by molar-refractivity contribution is -0.118. The quantitative estimate of drug-likeness (QED) is 0.465. The molecule has 1 amide bonds. The molecule has 29 heavy (non-hydrogen) atoms. The molecule has 0 atom stereocenters. The maximum atomic E-state index is 13.6. The monoisotopic (exact) mass is 435 g/mol. The molecular formula is C22H27ClFN3OS. The van der Waals surface area contributed by atoms with E-state index in [4.69, 9.17) is 0 Å². The summed E-state index contributed by atoms with van der Waals surface area (Å²) < 4.78 is 14.3. The van der Waals surface area contributed by atoms with Crippen molar-refractivity contribution in [3.63, 3.8) is 0 Å². The van der Waals surface area contributed by atoms with E-state index < -0.39 is 0 Å². The minimum absolute atomic E-state index is 0. The number of halogens is 2. The van der Waals surface area contributed by atoms with Crippen LogP contribution in [-0.4, -0.2) is 42.0 Å². The van der Waals surface area contributed by atoms with Crippen molar-refractivity contribution >= 4 is 45.0 Å². The van der Waals surface area contributed by atoms with Crippen molar-refractivity contribution in [1.82, 2.24) is 9.88 Å². The second-order valence-corrected chi connectivity index (χ2v) is 7.68. The number of amides is 1. The number of aromatic nitrogens is 1. The van der Waals surface area contributed by atoms with Crippen LogP contribution < -0.4 is 4.90 Å². The van der Waals surface area contributed by atoms with Crippen molar-refractivity contribution in [2.45, 2.75) is 26.7 Å². The van der Waals surface area contributed by atoms with Gasteiger partial charge in [0.05, 0.1) is 10.2 Å². The highest BCUT2D eigenvalue weighted by molar-refractivity contribution is 7.22. The lowest BCUT2D eigenvalue weighted by atomic mass is 10.1. The third kappa shape index (κ3) is 6.23. The van der Waals surface area contributed by atoms with E-state index >= 15 is 0 Å². The van der Waals surface area contributed by atoms with Crippen molar-refractivity contribution in [3.05, 3.63) is 59.9 Å². The van der Waals surface area contributed by atoms with Gasteiger partial charge in [0.25, 0.3) is 0 Å².